The number of nitrogens with one attached hydrogen (secondary N) is 1. The fourth-order valence-corrected chi connectivity index (χ4v) is 3.51. The Morgan fingerprint density at radius 2 is 1.81 bits per heavy atom. The van der Waals surface area contributed by atoms with Crippen LogP contribution in [0, 0.1) is 0 Å². The number of amides is 1. The van der Waals surface area contributed by atoms with Gasteiger partial charge in [-0.3, -0.25) is 4.79 Å². The molecule has 1 heterocycles. The SMILES string of the molecule is CC[C@H](C)c1ccc(NC(=O)Cc2coc3ccc4ccccc4c23)cc1. The van der Waals surface area contributed by atoms with Crippen molar-refractivity contribution in [3.05, 3.63) is 78.1 Å². The molecule has 0 fully saturated rings. The van der Waals surface area contributed by atoms with Gasteiger partial charge >= 0.3 is 0 Å². The van der Waals surface area contributed by atoms with Gasteiger partial charge in [0.2, 0.25) is 5.91 Å². The van der Waals surface area contributed by atoms with E-state index in [1.807, 2.05) is 36.4 Å². The van der Waals surface area contributed by atoms with E-state index in [4.69, 9.17) is 4.42 Å². The molecule has 0 aliphatic heterocycles. The first-order chi connectivity index (χ1) is 13.2. The quantitative estimate of drug-likeness (QED) is 0.457. The lowest BCUT2D eigenvalue weighted by atomic mass is 9.98. The summed E-state index contributed by atoms with van der Waals surface area (Å²) in [4.78, 5) is 12.6. The predicted molar refractivity (Wildman–Crippen MR) is 111 cm³/mol. The molecular weight excluding hydrogens is 334 g/mol. The summed E-state index contributed by atoms with van der Waals surface area (Å²) in [5.74, 6) is 0.488. The van der Waals surface area contributed by atoms with Crippen LogP contribution in [0.15, 0.2) is 71.3 Å². The van der Waals surface area contributed by atoms with Gasteiger partial charge in [0, 0.05) is 16.6 Å². The topological polar surface area (TPSA) is 42.2 Å². The lowest BCUT2D eigenvalue weighted by molar-refractivity contribution is -0.115. The average molecular weight is 357 g/mol. The van der Waals surface area contributed by atoms with Gasteiger partial charge in [-0.1, -0.05) is 56.3 Å². The summed E-state index contributed by atoms with van der Waals surface area (Å²) in [6, 6.07) is 20.3. The van der Waals surface area contributed by atoms with Gasteiger partial charge in [0.25, 0.3) is 0 Å². The predicted octanol–water partition coefficient (Wildman–Crippen LogP) is 6.28. The molecule has 1 aromatic heterocycles. The largest absolute Gasteiger partial charge is 0.464 e. The summed E-state index contributed by atoms with van der Waals surface area (Å²) >= 11 is 0. The second-order valence-electron chi connectivity index (χ2n) is 7.08. The lowest BCUT2D eigenvalue weighted by Crippen LogP contribution is -2.14. The molecule has 3 aromatic carbocycles. The van der Waals surface area contributed by atoms with E-state index in [1.54, 1.807) is 6.26 Å². The highest BCUT2D eigenvalue weighted by Gasteiger charge is 2.13. The number of carbonyl (C=O) groups excluding carboxylic acids is 1. The smallest absolute Gasteiger partial charge is 0.228 e. The van der Waals surface area contributed by atoms with Crippen LogP contribution in [0.4, 0.5) is 5.69 Å². The molecule has 3 nitrogen and oxygen atoms in total. The number of fused-ring (bicyclic) bond motifs is 3. The number of furan rings is 1. The van der Waals surface area contributed by atoms with Gasteiger partial charge in [0.05, 0.1) is 12.7 Å². The summed E-state index contributed by atoms with van der Waals surface area (Å²) in [5.41, 5.74) is 3.84. The summed E-state index contributed by atoms with van der Waals surface area (Å²) in [7, 11) is 0. The second kappa shape index (κ2) is 7.28. The van der Waals surface area contributed by atoms with Crippen LogP contribution < -0.4 is 5.32 Å². The Morgan fingerprint density at radius 3 is 2.59 bits per heavy atom. The Morgan fingerprint density at radius 1 is 1.04 bits per heavy atom. The third-order valence-electron chi connectivity index (χ3n) is 5.27. The van der Waals surface area contributed by atoms with E-state index in [0.717, 1.165) is 39.4 Å². The van der Waals surface area contributed by atoms with Gasteiger partial charge in [-0.25, -0.2) is 0 Å². The van der Waals surface area contributed by atoms with E-state index in [0.29, 0.717) is 5.92 Å². The molecule has 1 N–H and O–H groups in total. The van der Waals surface area contributed by atoms with Crippen LogP contribution in [-0.2, 0) is 11.2 Å². The van der Waals surface area contributed by atoms with Gasteiger partial charge in [-0.15, -0.1) is 0 Å². The van der Waals surface area contributed by atoms with E-state index in [-0.39, 0.29) is 12.3 Å². The Kier molecular flexibility index (Phi) is 4.68. The molecule has 0 bridgehead atoms. The molecular formula is C24H23NO2. The van der Waals surface area contributed by atoms with Gasteiger partial charge in [0.15, 0.2) is 0 Å². The van der Waals surface area contributed by atoms with Crippen molar-refractivity contribution in [1.29, 1.82) is 0 Å². The van der Waals surface area contributed by atoms with Crippen LogP contribution in [-0.4, -0.2) is 5.91 Å². The zero-order valence-electron chi connectivity index (χ0n) is 15.7. The molecule has 0 saturated heterocycles. The van der Waals surface area contributed by atoms with E-state index >= 15 is 0 Å². The summed E-state index contributed by atoms with van der Waals surface area (Å²) in [5, 5.41) is 6.28. The number of rotatable bonds is 5. The number of anilines is 1. The number of carbonyl (C=O) groups is 1. The van der Waals surface area contributed by atoms with Crippen molar-refractivity contribution < 1.29 is 9.21 Å². The summed E-state index contributed by atoms with van der Waals surface area (Å²) in [6.07, 6.45) is 3.09. The maximum atomic E-state index is 12.6. The average Bonchev–Trinajstić information content (AvgIpc) is 3.11. The Balaban J connectivity index is 1.55. The zero-order valence-corrected chi connectivity index (χ0v) is 15.7. The molecule has 3 heteroatoms. The highest BCUT2D eigenvalue weighted by Crippen LogP contribution is 2.30. The Labute approximate surface area is 159 Å². The minimum atomic E-state index is -0.0399. The molecule has 0 aliphatic rings. The normalized spacial score (nSPS) is 12.4. The molecule has 0 saturated carbocycles. The fourth-order valence-electron chi connectivity index (χ4n) is 3.51. The molecule has 136 valence electrons. The maximum absolute atomic E-state index is 12.6. The van der Waals surface area contributed by atoms with Crippen molar-refractivity contribution in [3.63, 3.8) is 0 Å². The first-order valence-corrected chi connectivity index (χ1v) is 9.43. The van der Waals surface area contributed by atoms with Crippen molar-refractivity contribution in [2.45, 2.75) is 32.6 Å². The van der Waals surface area contributed by atoms with Gasteiger partial charge in [-0.2, -0.15) is 0 Å². The molecule has 0 aliphatic carbocycles. The Bertz CT molecular complexity index is 1090. The van der Waals surface area contributed by atoms with Gasteiger partial charge in [0.1, 0.15) is 5.58 Å². The fraction of sp³-hybridized carbons (Fsp3) is 0.208. The van der Waals surface area contributed by atoms with E-state index in [1.165, 1.54) is 5.56 Å². The highest BCUT2D eigenvalue weighted by atomic mass is 16.3. The van der Waals surface area contributed by atoms with Crippen LogP contribution in [0.1, 0.15) is 37.3 Å². The Hall–Kier alpha value is -3.07. The van der Waals surface area contributed by atoms with E-state index in [2.05, 4.69) is 43.4 Å². The molecule has 1 atom stereocenters. The highest BCUT2D eigenvalue weighted by molar-refractivity contribution is 6.09. The van der Waals surface area contributed by atoms with Crippen LogP contribution in [0.2, 0.25) is 0 Å². The third-order valence-corrected chi connectivity index (χ3v) is 5.27. The molecule has 4 aromatic rings. The van der Waals surface area contributed by atoms with E-state index in [9.17, 15) is 4.79 Å². The molecule has 4 rings (SSSR count). The summed E-state index contributed by atoms with van der Waals surface area (Å²) < 4.78 is 5.68. The number of hydrogen-bond donors (Lipinski definition) is 1. The van der Waals surface area contributed by atoms with Crippen LogP contribution in [0.25, 0.3) is 21.7 Å². The first-order valence-electron chi connectivity index (χ1n) is 9.43. The van der Waals surface area contributed by atoms with Crippen molar-refractivity contribution in [1.82, 2.24) is 0 Å². The zero-order chi connectivity index (χ0) is 18.8. The van der Waals surface area contributed by atoms with Crippen molar-refractivity contribution in [2.75, 3.05) is 5.32 Å². The van der Waals surface area contributed by atoms with Crippen molar-refractivity contribution in [2.24, 2.45) is 0 Å². The second-order valence-corrected chi connectivity index (χ2v) is 7.08. The monoisotopic (exact) mass is 357 g/mol. The van der Waals surface area contributed by atoms with E-state index < -0.39 is 0 Å². The maximum Gasteiger partial charge on any atom is 0.228 e. The number of hydrogen-bond acceptors (Lipinski definition) is 2. The molecule has 1 amide bonds. The van der Waals surface area contributed by atoms with Crippen LogP contribution >= 0.6 is 0 Å². The van der Waals surface area contributed by atoms with Gasteiger partial charge < -0.3 is 9.73 Å². The molecule has 27 heavy (non-hydrogen) atoms. The molecule has 0 spiro atoms. The lowest BCUT2D eigenvalue weighted by Gasteiger charge is -2.10. The minimum absolute atomic E-state index is 0.0399. The van der Waals surface area contributed by atoms with Crippen molar-refractivity contribution in [3.8, 4) is 0 Å². The number of benzene rings is 3. The first kappa shape index (κ1) is 17.3. The standard InChI is InChI=1S/C24H23NO2/c1-3-16(2)17-8-11-20(12-9-17)25-23(26)14-19-15-27-22-13-10-18-6-4-5-7-21(18)24(19)22/h4-13,15-16H,3,14H2,1-2H3,(H,25,26)/t16-/m0/s1. The van der Waals surface area contributed by atoms with Gasteiger partial charge in [-0.05, 0) is 46.9 Å². The van der Waals surface area contributed by atoms with Crippen LogP contribution in [0.3, 0.4) is 0 Å². The minimum Gasteiger partial charge on any atom is -0.464 e. The van der Waals surface area contributed by atoms with Crippen LogP contribution in [0.5, 0.6) is 0 Å². The molecule has 0 radical (unpaired) electrons. The molecule has 0 unspecified atom stereocenters. The van der Waals surface area contributed by atoms with Crippen molar-refractivity contribution >= 4 is 33.3 Å². The third kappa shape index (κ3) is 3.45. The summed E-state index contributed by atoms with van der Waals surface area (Å²) in [6.45, 7) is 4.39.